The van der Waals surface area contributed by atoms with Gasteiger partial charge >= 0.3 is 5.97 Å². The summed E-state index contributed by atoms with van der Waals surface area (Å²) in [6.07, 6.45) is 0. The van der Waals surface area contributed by atoms with Gasteiger partial charge in [-0.05, 0) is 19.1 Å². The van der Waals surface area contributed by atoms with Gasteiger partial charge in [-0.2, -0.15) is 0 Å². The number of amides is 1. The molecule has 0 unspecified atom stereocenters. The van der Waals surface area contributed by atoms with E-state index in [9.17, 15) is 9.59 Å². The van der Waals surface area contributed by atoms with E-state index in [1.807, 2.05) is 13.0 Å². The Kier molecular flexibility index (Phi) is 5.59. The Bertz CT molecular complexity index is 627. The van der Waals surface area contributed by atoms with Crippen LogP contribution >= 0.6 is 0 Å². The number of methoxy groups -OCH3 is 1. The molecule has 0 atom stereocenters. The van der Waals surface area contributed by atoms with Gasteiger partial charge < -0.3 is 24.8 Å². The zero-order valence-electron chi connectivity index (χ0n) is 13.2. The van der Waals surface area contributed by atoms with Crippen molar-refractivity contribution in [1.82, 2.24) is 4.90 Å². The van der Waals surface area contributed by atoms with Crippen molar-refractivity contribution in [1.29, 1.82) is 0 Å². The van der Waals surface area contributed by atoms with E-state index in [2.05, 4.69) is 5.32 Å². The summed E-state index contributed by atoms with van der Waals surface area (Å²) in [5.74, 6) is -0.346. The zero-order valence-corrected chi connectivity index (χ0v) is 13.2. The number of β-amino-alcohol motifs (C(OH)–C–C–N with tert-alkyl or cyclic N) is 1. The lowest BCUT2D eigenvalue weighted by Crippen LogP contribution is -2.31. The molecule has 0 bridgehead atoms. The zero-order chi connectivity index (χ0) is 16.8. The van der Waals surface area contributed by atoms with Gasteiger partial charge in [0.15, 0.2) is 0 Å². The SMILES string of the molecule is CCOc1ccccc1NC1=C(C(=O)OC)CN(CCO)C1=O. The summed E-state index contributed by atoms with van der Waals surface area (Å²) in [6.45, 7) is 2.41. The number of aliphatic hydroxyl groups excluding tert-OH is 1. The second-order valence-electron chi connectivity index (χ2n) is 4.85. The van der Waals surface area contributed by atoms with Crippen LogP contribution in [0.25, 0.3) is 0 Å². The third kappa shape index (κ3) is 3.62. The van der Waals surface area contributed by atoms with Gasteiger partial charge in [-0.25, -0.2) is 4.79 Å². The Labute approximate surface area is 134 Å². The maximum atomic E-state index is 12.4. The number of ether oxygens (including phenoxy) is 2. The van der Waals surface area contributed by atoms with Crippen LogP contribution in [0, 0.1) is 0 Å². The lowest BCUT2D eigenvalue weighted by Gasteiger charge is -2.16. The van der Waals surface area contributed by atoms with Crippen LogP contribution in [0.15, 0.2) is 35.5 Å². The number of esters is 1. The second-order valence-corrected chi connectivity index (χ2v) is 4.85. The van der Waals surface area contributed by atoms with Crippen LogP contribution in [0.3, 0.4) is 0 Å². The highest BCUT2D eigenvalue weighted by Gasteiger charge is 2.34. The minimum Gasteiger partial charge on any atom is -0.492 e. The van der Waals surface area contributed by atoms with Gasteiger partial charge in [0.2, 0.25) is 0 Å². The van der Waals surface area contributed by atoms with Gasteiger partial charge in [0, 0.05) is 6.54 Å². The third-order valence-electron chi connectivity index (χ3n) is 3.40. The van der Waals surface area contributed by atoms with Crippen LogP contribution in [0.4, 0.5) is 5.69 Å². The van der Waals surface area contributed by atoms with Crippen LogP contribution in [0.1, 0.15) is 6.92 Å². The number of carbonyl (C=O) groups excluding carboxylic acids is 2. The Balaban J connectivity index is 2.33. The number of nitrogens with zero attached hydrogens (tertiary/aromatic N) is 1. The van der Waals surface area contributed by atoms with Gasteiger partial charge in [-0.1, -0.05) is 12.1 Å². The molecule has 0 aliphatic carbocycles. The van der Waals surface area contributed by atoms with Crippen molar-refractivity contribution in [3.8, 4) is 5.75 Å². The minimum absolute atomic E-state index is 0.102. The lowest BCUT2D eigenvalue weighted by atomic mass is 10.2. The lowest BCUT2D eigenvalue weighted by molar-refractivity contribution is -0.136. The first-order chi connectivity index (χ1) is 11.1. The van der Waals surface area contributed by atoms with Crippen molar-refractivity contribution in [2.24, 2.45) is 0 Å². The van der Waals surface area contributed by atoms with E-state index in [4.69, 9.17) is 14.6 Å². The van der Waals surface area contributed by atoms with E-state index in [-0.39, 0.29) is 36.9 Å². The number of hydrogen-bond acceptors (Lipinski definition) is 6. The van der Waals surface area contributed by atoms with Gasteiger partial charge in [0.1, 0.15) is 11.4 Å². The number of nitrogens with one attached hydrogen (secondary N) is 1. The number of aliphatic hydroxyl groups is 1. The summed E-state index contributed by atoms with van der Waals surface area (Å²) in [4.78, 5) is 25.8. The first-order valence-electron chi connectivity index (χ1n) is 7.32. The predicted molar refractivity (Wildman–Crippen MR) is 83.9 cm³/mol. The molecule has 124 valence electrons. The smallest absolute Gasteiger partial charge is 0.337 e. The Morgan fingerprint density at radius 1 is 1.39 bits per heavy atom. The molecule has 1 heterocycles. The van der Waals surface area contributed by atoms with Gasteiger partial charge in [-0.3, -0.25) is 4.79 Å². The van der Waals surface area contributed by atoms with Crippen LogP contribution < -0.4 is 10.1 Å². The fraction of sp³-hybridized carbons (Fsp3) is 0.375. The Hall–Kier alpha value is -2.54. The average molecular weight is 320 g/mol. The molecular weight excluding hydrogens is 300 g/mol. The van der Waals surface area contributed by atoms with Crippen molar-refractivity contribution < 1.29 is 24.2 Å². The Morgan fingerprint density at radius 3 is 2.78 bits per heavy atom. The summed E-state index contributed by atoms with van der Waals surface area (Å²) >= 11 is 0. The van der Waals surface area contributed by atoms with E-state index in [1.54, 1.807) is 18.2 Å². The molecule has 1 aliphatic rings. The molecule has 1 amide bonds. The van der Waals surface area contributed by atoms with E-state index < -0.39 is 5.97 Å². The molecular formula is C16H20N2O5. The topological polar surface area (TPSA) is 88.1 Å². The summed E-state index contributed by atoms with van der Waals surface area (Å²) in [5, 5.41) is 12.0. The monoisotopic (exact) mass is 320 g/mol. The van der Waals surface area contributed by atoms with Gasteiger partial charge in [-0.15, -0.1) is 0 Å². The minimum atomic E-state index is -0.574. The molecule has 1 aromatic carbocycles. The van der Waals surface area contributed by atoms with E-state index in [0.29, 0.717) is 18.0 Å². The fourth-order valence-electron chi connectivity index (χ4n) is 2.33. The fourth-order valence-corrected chi connectivity index (χ4v) is 2.33. The molecule has 7 heteroatoms. The molecule has 0 aromatic heterocycles. The molecule has 1 aliphatic heterocycles. The van der Waals surface area contributed by atoms with Gasteiger partial charge in [0.05, 0.1) is 38.1 Å². The number of anilines is 1. The largest absolute Gasteiger partial charge is 0.492 e. The third-order valence-corrected chi connectivity index (χ3v) is 3.40. The molecule has 23 heavy (non-hydrogen) atoms. The summed E-state index contributed by atoms with van der Waals surface area (Å²) < 4.78 is 10.3. The van der Waals surface area contributed by atoms with Crippen molar-refractivity contribution in [3.05, 3.63) is 35.5 Å². The van der Waals surface area contributed by atoms with Crippen LogP contribution in [-0.4, -0.2) is 55.3 Å². The molecule has 2 rings (SSSR count). The predicted octanol–water partition coefficient (Wildman–Crippen LogP) is 0.759. The highest BCUT2D eigenvalue weighted by molar-refractivity contribution is 6.08. The maximum Gasteiger partial charge on any atom is 0.337 e. The van der Waals surface area contributed by atoms with Crippen molar-refractivity contribution in [2.45, 2.75) is 6.92 Å². The van der Waals surface area contributed by atoms with Crippen LogP contribution in [-0.2, 0) is 14.3 Å². The van der Waals surface area contributed by atoms with Crippen molar-refractivity contribution in [3.63, 3.8) is 0 Å². The molecule has 0 fully saturated rings. The quantitative estimate of drug-likeness (QED) is 0.721. The first-order valence-corrected chi connectivity index (χ1v) is 7.32. The molecule has 0 radical (unpaired) electrons. The molecule has 0 saturated carbocycles. The highest BCUT2D eigenvalue weighted by Crippen LogP contribution is 2.28. The van der Waals surface area contributed by atoms with Crippen molar-refractivity contribution in [2.75, 3.05) is 38.7 Å². The summed E-state index contributed by atoms with van der Waals surface area (Å²) in [6, 6.07) is 7.15. The van der Waals surface area contributed by atoms with Gasteiger partial charge in [0.25, 0.3) is 5.91 Å². The maximum absolute atomic E-state index is 12.4. The normalized spacial score (nSPS) is 14.2. The molecule has 0 saturated heterocycles. The summed E-state index contributed by atoms with van der Waals surface area (Å²) in [7, 11) is 1.26. The van der Waals surface area contributed by atoms with E-state index >= 15 is 0 Å². The average Bonchev–Trinajstić information content (AvgIpc) is 2.86. The number of para-hydroxylation sites is 2. The van der Waals surface area contributed by atoms with Crippen LogP contribution in [0.5, 0.6) is 5.75 Å². The molecule has 7 nitrogen and oxygen atoms in total. The molecule has 0 spiro atoms. The number of benzene rings is 1. The summed E-state index contributed by atoms with van der Waals surface area (Å²) in [5.41, 5.74) is 0.972. The van der Waals surface area contributed by atoms with Crippen molar-refractivity contribution >= 4 is 17.6 Å². The Morgan fingerprint density at radius 2 is 2.13 bits per heavy atom. The van der Waals surface area contributed by atoms with E-state index in [1.165, 1.54) is 12.0 Å². The number of carbonyl (C=O) groups is 2. The standard InChI is InChI=1S/C16H20N2O5/c1-3-23-13-7-5-4-6-12(13)17-14-11(16(21)22-2)10-18(8-9-19)15(14)20/h4-7,17,19H,3,8-10H2,1-2H3. The second kappa shape index (κ2) is 7.64. The highest BCUT2D eigenvalue weighted by atomic mass is 16.5. The number of rotatable bonds is 7. The first kappa shape index (κ1) is 16.8. The van der Waals surface area contributed by atoms with E-state index in [0.717, 1.165) is 0 Å². The van der Waals surface area contributed by atoms with Crippen LogP contribution in [0.2, 0.25) is 0 Å². The molecule has 2 N–H and O–H groups in total. The molecule has 1 aromatic rings. The number of hydrogen-bond donors (Lipinski definition) is 2.